The summed E-state index contributed by atoms with van der Waals surface area (Å²) in [6, 6.07) is 4.47. The minimum atomic E-state index is -3.90. The first kappa shape index (κ1) is 30.2. The highest BCUT2D eigenvalue weighted by atomic mass is 32.2. The van der Waals surface area contributed by atoms with Crippen molar-refractivity contribution in [3.05, 3.63) is 55.5 Å². The Labute approximate surface area is 237 Å². The van der Waals surface area contributed by atoms with Gasteiger partial charge in [0.2, 0.25) is 10.0 Å². The van der Waals surface area contributed by atoms with Gasteiger partial charge in [-0.1, -0.05) is 20.3 Å². The van der Waals surface area contributed by atoms with Crippen LogP contribution in [0.2, 0.25) is 0 Å². The number of nitrogens with one attached hydrogen (secondary N) is 1. The summed E-state index contributed by atoms with van der Waals surface area (Å²) in [5.41, 5.74) is 1.89. The molecule has 0 spiro atoms. The first-order valence-electron chi connectivity index (χ1n) is 13.8. The van der Waals surface area contributed by atoms with E-state index in [1.807, 2.05) is 13.8 Å². The van der Waals surface area contributed by atoms with Gasteiger partial charge in [0.15, 0.2) is 12.1 Å². The van der Waals surface area contributed by atoms with E-state index in [-0.39, 0.29) is 36.3 Å². The zero-order chi connectivity index (χ0) is 29.7. The number of hydrogen-bond donors (Lipinski definition) is 1. The van der Waals surface area contributed by atoms with E-state index >= 15 is 0 Å². The number of sulfonamides is 1. The van der Waals surface area contributed by atoms with Crippen LogP contribution < -0.4 is 10.3 Å². The standard InChI is InChI=1S/C27H35N5O8S/c1-4-7-23-22(17-33)20(5-2)25-27(34)28-26(29-31(23)25)21-16-19(8-9-24(21)39-6-3)41(37,38)30-13-10-18(11-14-30)12-15-40-32(35)36/h8-9,16-18H,4-7,10-15H2,1-3H3,(H,28,29,34). The Balaban J connectivity index is 1.72. The zero-order valence-electron chi connectivity index (χ0n) is 23.4. The van der Waals surface area contributed by atoms with Gasteiger partial charge in [0, 0.05) is 18.7 Å². The second-order valence-electron chi connectivity index (χ2n) is 9.91. The molecule has 1 N–H and O–H groups in total. The van der Waals surface area contributed by atoms with Crippen LogP contribution in [0.25, 0.3) is 16.9 Å². The first-order chi connectivity index (χ1) is 19.7. The molecule has 0 amide bonds. The van der Waals surface area contributed by atoms with Crippen molar-refractivity contribution in [1.29, 1.82) is 0 Å². The van der Waals surface area contributed by atoms with E-state index in [0.29, 0.717) is 72.4 Å². The van der Waals surface area contributed by atoms with E-state index < -0.39 is 20.7 Å². The van der Waals surface area contributed by atoms with Crippen LogP contribution in [-0.4, -0.2) is 65.0 Å². The Hall–Kier alpha value is -3.78. The number of aromatic nitrogens is 3. The Bertz CT molecular complexity index is 1590. The topological polar surface area (TPSA) is 166 Å². The van der Waals surface area contributed by atoms with E-state index in [1.54, 1.807) is 13.0 Å². The molecule has 1 aliphatic rings. The lowest BCUT2D eigenvalue weighted by Gasteiger charge is -2.31. The van der Waals surface area contributed by atoms with Gasteiger partial charge < -0.3 is 14.6 Å². The van der Waals surface area contributed by atoms with Gasteiger partial charge in [-0.15, -0.1) is 15.2 Å². The molecule has 2 aromatic heterocycles. The van der Waals surface area contributed by atoms with Crippen molar-refractivity contribution in [3.63, 3.8) is 0 Å². The molecule has 4 rings (SSSR count). The molecule has 0 atom stereocenters. The summed E-state index contributed by atoms with van der Waals surface area (Å²) in [6.45, 7) is 6.47. The maximum Gasteiger partial charge on any atom is 0.294 e. The number of rotatable bonds is 13. The van der Waals surface area contributed by atoms with Crippen LogP contribution in [0.15, 0.2) is 27.9 Å². The van der Waals surface area contributed by atoms with Gasteiger partial charge in [0.1, 0.15) is 11.3 Å². The Morgan fingerprint density at radius 2 is 1.95 bits per heavy atom. The number of hydrogen-bond acceptors (Lipinski definition) is 9. The van der Waals surface area contributed by atoms with Crippen molar-refractivity contribution in [3.8, 4) is 17.1 Å². The summed E-state index contributed by atoms with van der Waals surface area (Å²) in [4.78, 5) is 42.9. The lowest BCUT2D eigenvalue weighted by atomic mass is 9.95. The van der Waals surface area contributed by atoms with Crippen LogP contribution in [0.3, 0.4) is 0 Å². The molecule has 0 bridgehead atoms. The fourth-order valence-corrected chi connectivity index (χ4v) is 6.92. The van der Waals surface area contributed by atoms with Crippen LogP contribution in [0.5, 0.6) is 5.75 Å². The number of aryl methyl sites for hydroxylation is 2. The fraction of sp³-hybridized carbons (Fsp3) is 0.519. The number of piperidine rings is 1. The van der Waals surface area contributed by atoms with E-state index in [4.69, 9.17) is 4.74 Å². The Kier molecular flexibility index (Phi) is 9.43. The third kappa shape index (κ3) is 6.12. The molecule has 13 nitrogen and oxygen atoms in total. The van der Waals surface area contributed by atoms with Gasteiger partial charge >= 0.3 is 0 Å². The molecule has 3 aromatic rings. The molecule has 222 valence electrons. The monoisotopic (exact) mass is 589 g/mol. The number of nitrogens with zero attached hydrogens (tertiary/aromatic N) is 4. The fourth-order valence-electron chi connectivity index (χ4n) is 5.43. The van der Waals surface area contributed by atoms with Gasteiger partial charge in [0.25, 0.3) is 10.6 Å². The van der Waals surface area contributed by atoms with Crippen molar-refractivity contribution in [1.82, 2.24) is 18.9 Å². The highest BCUT2D eigenvalue weighted by Gasteiger charge is 2.31. The van der Waals surface area contributed by atoms with Crippen molar-refractivity contribution < 1.29 is 27.9 Å². The SMILES string of the molecule is CCCc1c(C=O)c(CC)c2c(=O)[nH]c(-c3cc(S(=O)(=O)N4CCC(CCO[N+](=O)[O-])CC4)ccc3OCC)nn12. The number of H-pyrrole nitrogens is 1. The molecular weight excluding hydrogens is 554 g/mol. The molecular formula is C27H35N5O8S. The van der Waals surface area contributed by atoms with E-state index in [2.05, 4.69) is 14.9 Å². The minimum absolute atomic E-state index is 0.0162. The van der Waals surface area contributed by atoms with E-state index in [9.17, 15) is 28.1 Å². The summed E-state index contributed by atoms with van der Waals surface area (Å²) in [5.74, 6) is 0.607. The molecule has 1 aromatic carbocycles. The molecule has 0 radical (unpaired) electrons. The average Bonchev–Trinajstić information content (AvgIpc) is 3.26. The third-order valence-electron chi connectivity index (χ3n) is 7.43. The highest BCUT2D eigenvalue weighted by Crippen LogP contribution is 2.33. The number of ether oxygens (including phenoxy) is 1. The highest BCUT2D eigenvalue weighted by molar-refractivity contribution is 7.89. The number of carbonyl (C=O) groups is 1. The average molecular weight is 590 g/mol. The lowest BCUT2D eigenvalue weighted by molar-refractivity contribution is -0.758. The number of aromatic amines is 1. The molecule has 1 fully saturated rings. The third-order valence-corrected chi connectivity index (χ3v) is 9.33. The summed E-state index contributed by atoms with van der Waals surface area (Å²) < 4.78 is 35.9. The van der Waals surface area contributed by atoms with Crippen LogP contribution in [0.4, 0.5) is 0 Å². The van der Waals surface area contributed by atoms with E-state index in [1.165, 1.54) is 21.0 Å². The minimum Gasteiger partial charge on any atom is -0.493 e. The first-order valence-corrected chi connectivity index (χ1v) is 15.3. The van der Waals surface area contributed by atoms with Crippen LogP contribution in [0.1, 0.15) is 68.1 Å². The molecule has 1 aliphatic heterocycles. The van der Waals surface area contributed by atoms with Crippen LogP contribution in [-0.2, 0) is 27.7 Å². The maximum absolute atomic E-state index is 13.6. The largest absolute Gasteiger partial charge is 0.493 e. The van der Waals surface area contributed by atoms with E-state index in [0.717, 1.165) is 12.7 Å². The maximum atomic E-state index is 13.6. The molecule has 0 unspecified atom stereocenters. The van der Waals surface area contributed by atoms with Crippen LogP contribution >= 0.6 is 0 Å². The number of carbonyl (C=O) groups excluding carboxylic acids is 1. The van der Waals surface area contributed by atoms with Gasteiger partial charge in [-0.25, -0.2) is 12.9 Å². The second-order valence-corrected chi connectivity index (χ2v) is 11.8. The van der Waals surface area contributed by atoms with Crippen molar-refractivity contribution in [2.45, 2.75) is 64.2 Å². The van der Waals surface area contributed by atoms with Gasteiger partial charge in [-0.2, -0.15) is 4.31 Å². The quantitative estimate of drug-likeness (QED) is 0.179. The lowest BCUT2D eigenvalue weighted by Crippen LogP contribution is -2.38. The van der Waals surface area contributed by atoms with Gasteiger partial charge in [0.05, 0.1) is 29.4 Å². The van der Waals surface area contributed by atoms with Gasteiger partial charge in [-0.05, 0) is 68.7 Å². The van der Waals surface area contributed by atoms with Gasteiger partial charge in [-0.3, -0.25) is 9.59 Å². The number of benzene rings is 1. The molecule has 41 heavy (non-hydrogen) atoms. The normalized spacial score (nSPS) is 14.8. The predicted molar refractivity (Wildman–Crippen MR) is 150 cm³/mol. The summed E-state index contributed by atoms with van der Waals surface area (Å²) >= 11 is 0. The second kappa shape index (κ2) is 12.8. The summed E-state index contributed by atoms with van der Waals surface area (Å²) in [7, 11) is -3.90. The molecule has 3 heterocycles. The van der Waals surface area contributed by atoms with Crippen molar-refractivity contribution in [2.24, 2.45) is 5.92 Å². The molecule has 1 saturated heterocycles. The predicted octanol–water partition coefficient (Wildman–Crippen LogP) is 3.41. The van der Waals surface area contributed by atoms with Crippen LogP contribution in [0, 0.1) is 16.0 Å². The Morgan fingerprint density at radius 1 is 1.22 bits per heavy atom. The zero-order valence-corrected chi connectivity index (χ0v) is 24.2. The van der Waals surface area contributed by atoms with Crippen molar-refractivity contribution >= 4 is 21.8 Å². The molecule has 0 saturated carbocycles. The summed E-state index contributed by atoms with van der Waals surface area (Å²) in [6.07, 6.45) is 4.10. The van der Waals surface area contributed by atoms with Crippen molar-refractivity contribution in [2.75, 3.05) is 26.3 Å². The number of aldehydes is 1. The number of fused-ring (bicyclic) bond motifs is 1. The molecule has 14 heteroatoms. The Morgan fingerprint density at radius 3 is 2.56 bits per heavy atom. The summed E-state index contributed by atoms with van der Waals surface area (Å²) in [5, 5.41) is 14.3. The molecule has 0 aliphatic carbocycles. The smallest absolute Gasteiger partial charge is 0.294 e.